The van der Waals surface area contributed by atoms with Crippen molar-refractivity contribution < 1.29 is 0 Å². The van der Waals surface area contributed by atoms with E-state index in [0.29, 0.717) is 6.04 Å². The van der Waals surface area contributed by atoms with Crippen LogP contribution in [0.25, 0.3) is 11.3 Å². The molecule has 0 saturated carbocycles. The molecule has 2 N–H and O–H groups in total. The number of benzene rings is 1. The largest absolute Gasteiger partial charge is 0.341 e. The van der Waals surface area contributed by atoms with Crippen LogP contribution in [0.15, 0.2) is 30.5 Å². The summed E-state index contributed by atoms with van der Waals surface area (Å²) >= 11 is 0. The molecule has 1 aromatic carbocycles. The van der Waals surface area contributed by atoms with Gasteiger partial charge in [-0.25, -0.2) is 4.98 Å². The number of nitrogens with zero attached hydrogens (tertiary/aromatic N) is 1. The van der Waals surface area contributed by atoms with Crippen LogP contribution in [0.3, 0.4) is 0 Å². The molecule has 1 unspecified atom stereocenters. The molecule has 1 saturated heterocycles. The average molecular weight is 269 g/mol. The molecule has 0 spiro atoms. The molecule has 1 fully saturated rings. The number of aryl methyl sites for hydroxylation is 1. The minimum atomic E-state index is 0.390. The summed E-state index contributed by atoms with van der Waals surface area (Å²) in [6, 6.07) is 9.13. The van der Waals surface area contributed by atoms with E-state index in [4.69, 9.17) is 0 Å². The molecule has 1 aliphatic rings. The van der Waals surface area contributed by atoms with Crippen LogP contribution in [-0.2, 0) is 6.42 Å². The van der Waals surface area contributed by atoms with Crippen LogP contribution in [0, 0.1) is 0 Å². The van der Waals surface area contributed by atoms with Crippen LogP contribution in [0.4, 0.5) is 0 Å². The first kappa shape index (κ1) is 13.4. The number of aromatic amines is 1. The monoisotopic (exact) mass is 269 g/mol. The van der Waals surface area contributed by atoms with Crippen LogP contribution in [0.5, 0.6) is 0 Å². The van der Waals surface area contributed by atoms with Crippen molar-refractivity contribution >= 4 is 0 Å². The van der Waals surface area contributed by atoms with Gasteiger partial charge < -0.3 is 10.3 Å². The molecule has 0 radical (unpaired) electrons. The summed E-state index contributed by atoms with van der Waals surface area (Å²) in [5.41, 5.74) is 3.71. The number of rotatable bonds is 3. The Kier molecular flexibility index (Phi) is 4.16. The predicted octanol–water partition coefficient (Wildman–Crippen LogP) is 3.84. The Morgan fingerprint density at radius 3 is 2.80 bits per heavy atom. The predicted molar refractivity (Wildman–Crippen MR) is 82.6 cm³/mol. The highest BCUT2D eigenvalue weighted by Gasteiger charge is 2.16. The fraction of sp³-hybridized carbons (Fsp3) is 0.471. The van der Waals surface area contributed by atoms with E-state index in [9.17, 15) is 0 Å². The van der Waals surface area contributed by atoms with Crippen LogP contribution in [0.1, 0.15) is 50.0 Å². The molecule has 1 aliphatic heterocycles. The topological polar surface area (TPSA) is 40.7 Å². The van der Waals surface area contributed by atoms with Crippen molar-refractivity contribution in [2.45, 2.75) is 45.1 Å². The van der Waals surface area contributed by atoms with Crippen LogP contribution in [0.2, 0.25) is 0 Å². The van der Waals surface area contributed by atoms with Crippen molar-refractivity contribution in [3.63, 3.8) is 0 Å². The first-order valence-electron chi connectivity index (χ1n) is 7.74. The number of H-pyrrole nitrogens is 1. The van der Waals surface area contributed by atoms with Gasteiger partial charge in [-0.2, -0.15) is 0 Å². The highest BCUT2D eigenvalue weighted by molar-refractivity contribution is 5.58. The van der Waals surface area contributed by atoms with Gasteiger partial charge in [-0.3, -0.25) is 0 Å². The van der Waals surface area contributed by atoms with Crippen LogP contribution in [-0.4, -0.2) is 16.5 Å². The molecule has 3 nitrogen and oxygen atoms in total. The fourth-order valence-corrected chi connectivity index (χ4v) is 2.84. The Hall–Kier alpha value is -1.61. The lowest BCUT2D eigenvalue weighted by Crippen LogP contribution is -2.21. The molecule has 3 rings (SSSR count). The summed E-state index contributed by atoms with van der Waals surface area (Å²) in [6.07, 6.45) is 8.13. The zero-order chi connectivity index (χ0) is 13.8. The molecule has 2 aromatic rings. The molecule has 106 valence electrons. The Bertz CT molecular complexity index is 534. The third-order valence-corrected chi connectivity index (χ3v) is 4.16. The van der Waals surface area contributed by atoms with Crippen molar-refractivity contribution in [3.8, 4) is 11.3 Å². The minimum absolute atomic E-state index is 0.390. The van der Waals surface area contributed by atoms with Gasteiger partial charge in [0.2, 0.25) is 0 Å². The lowest BCUT2D eigenvalue weighted by molar-refractivity contribution is 0.512. The van der Waals surface area contributed by atoms with Crippen molar-refractivity contribution in [1.29, 1.82) is 0 Å². The third-order valence-electron chi connectivity index (χ3n) is 4.16. The van der Waals surface area contributed by atoms with E-state index in [1.165, 1.54) is 36.8 Å². The minimum Gasteiger partial charge on any atom is -0.341 e. The summed E-state index contributed by atoms with van der Waals surface area (Å²) in [4.78, 5) is 8.07. The first-order valence-corrected chi connectivity index (χ1v) is 7.74. The second kappa shape index (κ2) is 6.23. The van der Waals surface area contributed by atoms with E-state index in [-0.39, 0.29) is 0 Å². The number of imidazole rings is 1. The lowest BCUT2D eigenvalue weighted by atomic mass is 10.1. The van der Waals surface area contributed by atoms with Crippen LogP contribution >= 0.6 is 0 Å². The Balaban J connectivity index is 1.78. The smallest absolute Gasteiger partial charge is 0.123 e. The molecule has 1 aromatic heterocycles. The standard InChI is InChI=1S/C17H23N3/c1-2-13-7-9-14(10-8-13)16-12-19-17(20-16)15-6-4-3-5-11-18-15/h7-10,12,15,18H,2-6,11H2,1H3,(H,19,20). The van der Waals surface area contributed by atoms with E-state index >= 15 is 0 Å². The molecule has 1 atom stereocenters. The molecule has 0 bridgehead atoms. The molecular formula is C17H23N3. The third kappa shape index (κ3) is 2.93. The van der Waals surface area contributed by atoms with Crippen molar-refractivity contribution in [1.82, 2.24) is 15.3 Å². The van der Waals surface area contributed by atoms with Gasteiger partial charge in [0.1, 0.15) is 5.82 Å². The summed E-state index contributed by atoms with van der Waals surface area (Å²) in [5.74, 6) is 1.08. The normalized spacial score (nSPS) is 19.8. The van der Waals surface area contributed by atoms with Gasteiger partial charge in [0, 0.05) is 0 Å². The average Bonchev–Trinajstić information content (AvgIpc) is 2.83. The molecule has 0 amide bonds. The summed E-state index contributed by atoms with van der Waals surface area (Å²) < 4.78 is 0. The SMILES string of the molecule is CCc1ccc(-c2cnc(C3CCCCCN3)[nH]2)cc1. The van der Waals surface area contributed by atoms with Gasteiger partial charge in [-0.15, -0.1) is 0 Å². The Morgan fingerprint density at radius 2 is 2.00 bits per heavy atom. The first-order chi connectivity index (χ1) is 9.86. The molecule has 2 heterocycles. The zero-order valence-corrected chi connectivity index (χ0v) is 12.2. The molecule has 3 heteroatoms. The maximum absolute atomic E-state index is 4.58. The highest BCUT2D eigenvalue weighted by Crippen LogP contribution is 2.24. The molecule has 20 heavy (non-hydrogen) atoms. The molecule has 0 aliphatic carbocycles. The summed E-state index contributed by atoms with van der Waals surface area (Å²) in [6.45, 7) is 3.28. The van der Waals surface area contributed by atoms with Gasteiger partial charge in [-0.05, 0) is 36.9 Å². The van der Waals surface area contributed by atoms with Gasteiger partial charge in [0.25, 0.3) is 0 Å². The lowest BCUT2D eigenvalue weighted by Gasteiger charge is -2.12. The number of hydrogen-bond acceptors (Lipinski definition) is 2. The molecular weight excluding hydrogens is 246 g/mol. The van der Waals surface area contributed by atoms with Crippen molar-refractivity contribution in [2.24, 2.45) is 0 Å². The second-order valence-electron chi connectivity index (χ2n) is 5.59. The van der Waals surface area contributed by atoms with Crippen molar-refractivity contribution in [2.75, 3.05) is 6.54 Å². The summed E-state index contributed by atoms with van der Waals surface area (Å²) in [7, 11) is 0. The Morgan fingerprint density at radius 1 is 1.15 bits per heavy atom. The Labute approximate surface area is 120 Å². The van der Waals surface area contributed by atoms with E-state index in [0.717, 1.165) is 24.5 Å². The maximum Gasteiger partial charge on any atom is 0.123 e. The van der Waals surface area contributed by atoms with E-state index in [1.54, 1.807) is 0 Å². The number of hydrogen-bond donors (Lipinski definition) is 2. The number of aromatic nitrogens is 2. The van der Waals surface area contributed by atoms with Crippen LogP contribution < -0.4 is 5.32 Å². The van der Waals surface area contributed by atoms with Gasteiger partial charge in [0.15, 0.2) is 0 Å². The maximum atomic E-state index is 4.58. The van der Waals surface area contributed by atoms with E-state index in [1.807, 2.05) is 6.20 Å². The number of nitrogens with one attached hydrogen (secondary N) is 2. The van der Waals surface area contributed by atoms with Gasteiger partial charge in [0.05, 0.1) is 17.9 Å². The summed E-state index contributed by atoms with van der Waals surface area (Å²) in [5, 5.41) is 3.59. The van der Waals surface area contributed by atoms with E-state index < -0.39 is 0 Å². The zero-order valence-electron chi connectivity index (χ0n) is 12.2. The van der Waals surface area contributed by atoms with Gasteiger partial charge in [-0.1, -0.05) is 44.0 Å². The highest BCUT2D eigenvalue weighted by atomic mass is 15.0. The fourth-order valence-electron chi connectivity index (χ4n) is 2.84. The van der Waals surface area contributed by atoms with E-state index in [2.05, 4.69) is 46.5 Å². The van der Waals surface area contributed by atoms with Crippen molar-refractivity contribution in [3.05, 3.63) is 41.9 Å². The quantitative estimate of drug-likeness (QED) is 0.888. The van der Waals surface area contributed by atoms with Gasteiger partial charge >= 0.3 is 0 Å². The second-order valence-corrected chi connectivity index (χ2v) is 5.59.